The Morgan fingerprint density at radius 3 is 2.74 bits per heavy atom. The summed E-state index contributed by atoms with van der Waals surface area (Å²) in [4.78, 5) is 37.8. The molecule has 3 aromatic rings. The predicted octanol–water partition coefficient (Wildman–Crippen LogP) is 2.52. The van der Waals surface area contributed by atoms with Gasteiger partial charge in [0, 0.05) is 24.6 Å². The minimum atomic E-state index is -0.720. The monoisotopic (exact) mass is 461 g/mol. The Bertz CT molecular complexity index is 1180. The molecule has 1 N–H and O–H groups in total. The Hall–Kier alpha value is -4.01. The maximum absolute atomic E-state index is 13.0. The zero-order valence-corrected chi connectivity index (χ0v) is 19.2. The molecule has 9 heteroatoms. The van der Waals surface area contributed by atoms with E-state index in [1.165, 1.54) is 11.9 Å². The topological polar surface area (TPSA) is 106 Å². The summed E-state index contributed by atoms with van der Waals surface area (Å²) in [7, 11) is 1.52. The molecule has 0 bridgehead atoms. The van der Waals surface area contributed by atoms with Gasteiger partial charge in [-0.25, -0.2) is 4.68 Å². The lowest BCUT2D eigenvalue weighted by Gasteiger charge is -2.25. The van der Waals surface area contributed by atoms with Gasteiger partial charge in [0.05, 0.1) is 18.8 Å². The van der Waals surface area contributed by atoms with Gasteiger partial charge in [0.15, 0.2) is 0 Å². The van der Waals surface area contributed by atoms with Gasteiger partial charge < -0.3 is 19.7 Å². The lowest BCUT2D eigenvalue weighted by atomic mass is 10.1. The highest BCUT2D eigenvalue weighted by Gasteiger charge is 2.37. The van der Waals surface area contributed by atoms with Crippen molar-refractivity contribution in [2.45, 2.75) is 45.0 Å². The van der Waals surface area contributed by atoms with E-state index >= 15 is 0 Å². The molecule has 176 valence electrons. The number of hydrogen-bond donors (Lipinski definition) is 1. The summed E-state index contributed by atoms with van der Waals surface area (Å²) in [5.74, 6) is 0.0160. The molecule has 4 rings (SSSR count). The molecule has 9 nitrogen and oxygen atoms in total. The third kappa shape index (κ3) is 4.68. The minimum absolute atomic E-state index is 0.0302. The summed E-state index contributed by atoms with van der Waals surface area (Å²) >= 11 is 0. The molecular formula is C25H27N5O4. The van der Waals surface area contributed by atoms with E-state index in [2.05, 4.69) is 15.6 Å². The van der Waals surface area contributed by atoms with Crippen molar-refractivity contribution >= 4 is 18.1 Å². The number of carbonyl (C=O) groups is 3. The number of fused-ring (bicyclic) bond motifs is 1. The smallest absolute Gasteiger partial charge is 0.255 e. The Kier molecular flexibility index (Phi) is 7.01. The van der Waals surface area contributed by atoms with E-state index in [0.717, 1.165) is 17.4 Å². The van der Waals surface area contributed by atoms with Crippen molar-refractivity contribution < 1.29 is 19.1 Å². The average molecular weight is 462 g/mol. The zero-order valence-electron chi connectivity index (χ0n) is 19.2. The van der Waals surface area contributed by atoms with Gasteiger partial charge in [-0.3, -0.25) is 9.59 Å². The molecule has 1 unspecified atom stereocenters. The highest BCUT2D eigenvalue weighted by molar-refractivity contribution is 6.01. The van der Waals surface area contributed by atoms with Crippen LogP contribution in [0.5, 0.6) is 5.75 Å². The molecule has 2 heterocycles. The Morgan fingerprint density at radius 2 is 2.00 bits per heavy atom. The van der Waals surface area contributed by atoms with Gasteiger partial charge in [-0.05, 0) is 31.0 Å². The van der Waals surface area contributed by atoms with Gasteiger partial charge in [0.25, 0.3) is 5.91 Å². The number of ether oxygens (including phenoxy) is 1. The van der Waals surface area contributed by atoms with E-state index in [-0.39, 0.29) is 43.8 Å². The number of nitrogens with zero attached hydrogens (tertiary/aromatic N) is 4. The van der Waals surface area contributed by atoms with E-state index in [1.807, 2.05) is 43.5 Å². The molecule has 0 saturated carbocycles. The second kappa shape index (κ2) is 10.3. The second-order valence-corrected chi connectivity index (χ2v) is 8.15. The van der Waals surface area contributed by atoms with E-state index in [1.54, 1.807) is 22.9 Å². The van der Waals surface area contributed by atoms with Crippen molar-refractivity contribution in [2.24, 2.45) is 0 Å². The fraction of sp³-hybridized carbons (Fsp3) is 0.320. The van der Waals surface area contributed by atoms with Crippen LogP contribution in [0.25, 0.3) is 0 Å². The van der Waals surface area contributed by atoms with Crippen LogP contribution in [0, 0.1) is 0 Å². The standard InChI is InChI=1S/C25H27N5O4/c1-17(18-8-4-3-5-9-18)30-14-19(27-28-30)16-34-23-12-6-10-20-21(23)15-29(25(20)33)22(11-7-13-31)24(32)26-2/h3-6,8-10,12-14,17,22H,7,11,15-16H2,1-2H3,(H,26,32)/t17-,22?/m0/s1. The van der Waals surface area contributed by atoms with Crippen molar-refractivity contribution in [2.75, 3.05) is 7.05 Å². The van der Waals surface area contributed by atoms with Crippen LogP contribution in [-0.2, 0) is 22.7 Å². The maximum atomic E-state index is 13.0. The van der Waals surface area contributed by atoms with Crippen molar-refractivity contribution in [1.82, 2.24) is 25.2 Å². The van der Waals surface area contributed by atoms with Crippen LogP contribution in [0.15, 0.2) is 54.7 Å². The quantitative estimate of drug-likeness (QED) is 0.465. The number of likely N-dealkylation sites (N-methyl/N-ethyl adjacent to an activating group) is 1. The lowest BCUT2D eigenvalue weighted by Crippen LogP contribution is -2.46. The van der Waals surface area contributed by atoms with Crippen LogP contribution < -0.4 is 10.1 Å². The highest BCUT2D eigenvalue weighted by atomic mass is 16.5. The fourth-order valence-electron chi connectivity index (χ4n) is 4.14. The van der Waals surface area contributed by atoms with Gasteiger partial charge in [-0.2, -0.15) is 0 Å². The van der Waals surface area contributed by atoms with E-state index in [0.29, 0.717) is 17.0 Å². The SMILES string of the molecule is CNC(=O)C(CCC=O)N1Cc2c(OCc3cn([C@@H](C)c4ccccc4)nn3)cccc2C1=O. The van der Waals surface area contributed by atoms with E-state index in [9.17, 15) is 14.4 Å². The van der Waals surface area contributed by atoms with Gasteiger partial charge in [-0.15, -0.1) is 5.10 Å². The minimum Gasteiger partial charge on any atom is -0.487 e. The molecule has 2 aromatic carbocycles. The molecule has 1 aliphatic rings. The Balaban J connectivity index is 1.48. The number of aromatic nitrogens is 3. The summed E-state index contributed by atoms with van der Waals surface area (Å²) < 4.78 is 7.81. The second-order valence-electron chi connectivity index (χ2n) is 8.15. The van der Waals surface area contributed by atoms with Crippen LogP contribution >= 0.6 is 0 Å². The van der Waals surface area contributed by atoms with Crippen LogP contribution in [0.2, 0.25) is 0 Å². The third-order valence-electron chi connectivity index (χ3n) is 6.05. The number of nitrogens with one attached hydrogen (secondary N) is 1. The number of aldehydes is 1. The molecule has 2 amide bonds. The molecular weight excluding hydrogens is 434 g/mol. The first-order valence-electron chi connectivity index (χ1n) is 11.2. The normalized spacial score (nSPS) is 14.4. The first kappa shape index (κ1) is 23.2. The maximum Gasteiger partial charge on any atom is 0.255 e. The molecule has 2 atom stereocenters. The van der Waals surface area contributed by atoms with Gasteiger partial charge in [0.1, 0.15) is 30.4 Å². The predicted molar refractivity (Wildman–Crippen MR) is 124 cm³/mol. The highest BCUT2D eigenvalue weighted by Crippen LogP contribution is 2.33. The molecule has 1 aromatic heterocycles. The van der Waals surface area contributed by atoms with E-state index in [4.69, 9.17) is 4.74 Å². The summed E-state index contributed by atoms with van der Waals surface area (Å²) in [6, 6.07) is 14.6. The average Bonchev–Trinajstić information content (AvgIpc) is 3.48. The molecule has 0 spiro atoms. The van der Waals surface area contributed by atoms with Crippen molar-refractivity contribution in [1.29, 1.82) is 0 Å². The summed E-state index contributed by atoms with van der Waals surface area (Å²) in [6.45, 7) is 2.47. The molecule has 0 aliphatic carbocycles. The van der Waals surface area contributed by atoms with Crippen molar-refractivity contribution in [3.8, 4) is 5.75 Å². The first-order valence-corrected chi connectivity index (χ1v) is 11.2. The van der Waals surface area contributed by atoms with E-state index < -0.39 is 6.04 Å². The largest absolute Gasteiger partial charge is 0.487 e. The third-order valence-corrected chi connectivity index (χ3v) is 6.05. The summed E-state index contributed by atoms with van der Waals surface area (Å²) in [5.41, 5.74) is 3.01. The first-order chi connectivity index (χ1) is 16.5. The molecule has 1 aliphatic heterocycles. The molecule has 34 heavy (non-hydrogen) atoms. The number of amides is 2. The zero-order chi connectivity index (χ0) is 24.1. The summed E-state index contributed by atoms with van der Waals surface area (Å²) in [6.07, 6.45) is 3.06. The molecule has 0 saturated heterocycles. The molecule has 0 fully saturated rings. The Labute approximate surface area is 197 Å². The Morgan fingerprint density at radius 1 is 1.21 bits per heavy atom. The number of rotatable bonds is 10. The fourth-order valence-corrected chi connectivity index (χ4v) is 4.14. The van der Waals surface area contributed by atoms with Gasteiger partial charge in [-0.1, -0.05) is 41.6 Å². The lowest BCUT2D eigenvalue weighted by molar-refractivity contribution is -0.125. The van der Waals surface area contributed by atoms with Crippen molar-refractivity contribution in [3.05, 3.63) is 77.1 Å². The number of hydrogen-bond acceptors (Lipinski definition) is 6. The van der Waals surface area contributed by atoms with Crippen molar-refractivity contribution in [3.63, 3.8) is 0 Å². The van der Waals surface area contributed by atoms with Crippen LogP contribution in [0.4, 0.5) is 0 Å². The van der Waals surface area contributed by atoms with Crippen LogP contribution in [0.3, 0.4) is 0 Å². The van der Waals surface area contributed by atoms with Gasteiger partial charge >= 0.3 is 0 Å². The van der Waals surface area contributed by atoms with Crippen LogP contribution in [-0.4, -0.2) is 51.1 Å². The number of benzene rings is 2. The van der Waals surface area contributed by atoms with Crippen LogP contribution in [0.1, 0.15) is 53.0 Å². The number of carbonyl (C=O) groups excluding carboxylic acids is 3. The molecule has 0 radical (unpaired) electrons. The summed E-state index contributed by atoms with van der Waals surface area (Å²) in [5, 5.41) is 11.0. The van der Waals surface area contributed by atoms with Gasteiger partial charge in [0.2, 0.25) is 5.91 Å².